The quantitative estimate of drug-likeness (QED) is 0.593. The molecule has 0 aliphatic carbocycles. The molecule has 0 aliphatic rings. The molecule has 108 valence electrons. The van der Waals surface area contributed by atoms with Crippen molar-refractivity contribution in [1.29, 1.82) is 0 Å². The van der Waals surface area contributed by atoms with Gasteiger partial charge in [-0.25, -0.2) is 12.8 Å². The first-order valence-electron chi connectivity index (χ1n) is 5.97. The summed E-state index contributed by atoms with van der Waals surface area (Å²) in [7, 11) is -3.46. The number of ether oxygens (including phenoxy) is 1. The summed E-state index contributed by atoms with van der Waals surface area (Å²) in [4.78, 5) is 0. The zero-order valence-corrected chi connectivity index (χ0v) is 12.2. The Morgan fingerprint density at radius 2 is 2.11 bits per heavy atom. The molecule has 0 bridgehead atoms. The van der Waals surface area contributed by atoms with Crippen LogP contribution in [0, 0.1) is 5.82 Å². The Balaban J connectivity index is 2.69. The van der Waals surface area contributed by atoms with Crippen molar-refractivity contribution in [1.82, 2.24) is 0 Å². The van der Waals surface area contributed by atoms with Gasteiger partial charge in [-0.1, -0.05) is 0 Å². The largest absolute Gasteiger partial charge is 0.491 e. The molecular weight excluding hydrogens is 293 g/mol. The Morgan fingerprint density at radius 3 is 2.68 bits per heavy atom. The molecule has 1 N–H and O–H groups in total. The van der Waals surface area contributed by atoms with Crippen LogP contribution in [0.15, 0.2) is 18.2 Å². The van der Waals surface area contributed by atoms with Gasteiger partial charge in [0.2, 0.25) is 10.0 Å². The van der Waals surface area contributed by atoms with E-state index in [9.17, 15) is 12.8 Å². The number of unbranched alkanes of at least 4 members (excludes halogenated alkanes) is 1. The van der Waals surface area contributed by atoms with Gasteiger partial charge in [-0.3, -0.25) is 4.72 Å². The second-order valence-electron chi connectivity index (χ2n) is 3.90. The van der Waals surface area contributed by atoms with Crippen molar-refractivity contribution in [3.63, 3.8) is 0 Å². The number of rotatable bonds is 8. The van der Waals surface area contributed by atoms with Gasteiger partial charge < -0.3 is 4.74 Å². The van der Waals surface area contributed by atoms with Crippen molar-refractivity contribution in [2.24, 2.45) is 0 Å². The highest BCUT2D eigenvalue weighted by Crippen LogP contribution is 2.22. The van der Waals surface area contributed by atoms with E-state index in [0.717, 1.165) is 6.07 Å². The first-order valence-corrected chi connectivity index (χ1v) is 8.16. The molecule has 1 aromatic carbocycles. The average Bonchev–Trinajstić information content (AvgIpc) is 2.32. The summed E-state index contributed by atoms with van der Waals surface area (Å²) in [5.74, 6) is -0.0997. The van der Waals surface area contributed by atoms with Crippen molar-refractivity contribution in [3.8, 4) is 5.75 Å². The maximum Gasteiger partial charge on any atom is 0.232 e. The number of sulfonamides is 1. The molecular formula is C12H17ClFNO3S. The van der Waals surface area contributed by atoms with Gasteiger partial charge in [0.15, 0.2) is 11.6 Å². The van der Waals surface area contributed by atoms with Crippen LogP contribution in [0.4, 0.5) is 10.1 Å². The Bertz CT molecular complexity index is 508. The minimum atomic E-state index is -3.46. The van der Waals surface area contributed by atoms with Crippen molar-refractivity contribution in [3.05, 3.63) is 24.0 Å². The van der Waals surface area contributed by atoms with E-state index in [1.54, 1.807) is 6.92 Å². The third kappa shape index (κ3) is 5.65. The molecule has 7 heteroatoms. The number of hydrogen-bond donors (Lipinski definition) is 1. The Morgan fingerprint density at radius 1 is 1.37 bits per heavy atom. The molecule has 0 atom stereocenters. The van der Waals surface area contributed by atoms with Crippen LogP contribution in [0.25, 0.3) is 0 Å². The van der Waals surface area contributed by atoms with Gasteiger partial charge in [0, 0.05) is 11.9 Å². The zero-order chi connectivity index (χ0) is 14.3. The van der Waals surface area contributed by atoms with Crippen LogP contribution < -0.4 is 9.46 Å². The number of hydrogen-bond acceptors (Lipinski definition) is 3. The molecule has 0 saturated heterocycles. The smallest absolute Gasteiger partial charge is 0.232 e. The van der Waals surface area contributed by atoms with Crippen LogP contribution >= 0.6 is 11.6 Å². The first kappa shape index (κ1) is 16.0. The predicted molar refractivity (Wildman–Crippen MR) is 74.9 cm³/mol. The Kier molecular flexibility index (Phi) is 6.37. The minimum absolute atomic E-state index is 0.0332. The fraction of sp³-hybridized carbons (Fsp3) is 0.500. The van der Waals surface area contributed by atoms with Gasteiger partial charge in [-0.15, -0.1) is 11.6 Å². The molecule has 0 aliphatic heterocycles. The molecule has 0 heterocycles. The molecule has 0 fully saturated rings. The number of benzene rings is 1. The van der Waals surface area contributed by atoms with E-state index in [2.05, 4.69) is 4.72 Å². The van der Waals surface area contributed by atoms with Gasteiger partial charge >= 0.3 is 0 Å². The Labute approximate surface area is 118 Å². The van der Waals surface area contributed by atoms with Gasteiger partial charge in [0.05, 0.1) is 18.0 Å². The average molecular weight is 310 g/mol. The van der Waals surface area contributed by atoms with Gasteiger partial charge in [-0.2, -0.15) is 0 Å². The molecule has 1 aromatic rings. The van der Waals surface area contributed by atoms with Crippen LogP contribution in [0.2, 0.25) is 0 Å². The SMILES string of the molecule is CCOc1ccc(NS(=O)(=O)CCCCCl)cc1F. The van der Waals surface area contributed by atoms with Crippen molar-refractivity contribution < 1.29 is 17.5 Å². The highest BCUT2D eigenvalue weighted by molar-refractivity contribution is 7.92. The molecule has 19 heavy (non-hydrogen) atoms. The topological polar surface area (TPSA) is 55.4 Å². The Hall–Kier alpha value is -1.01. The fourth-order valence-corrected chi connectivity index (χ4v) is 2.82. The lowest BCUT2D eigenvalue weighted by Gasteiger charge is -2.09. The number of anilines is 1. The second-order valence-corrected chi connectivity index (χ2v) is 6.12. The van der Waals surface area contributed by atoms with Gasteiger partial charge in [0.25, 0.3) is 0 Å². The van der Waals surface area contributed by atoms with E-state index in [0.29, 0.717) is 25.3 Å². The maximum absolute atomic E-state index is 13.5. The molecule has 0 saturated carbocycles. The van der Waals surface area contributed by atoms with Crippen molar-refractivity contribution >= 4 is 27.3 Å². The number of nitrogens with one attached hydrogen (secondary N) is 1. The number of alkyl halides is 1. The molecule has 0 amide bonds. The van der Waals surface area contributed by atoms with Crippen LogP contribution in [0.5, 0.6) is 5.75 Å². The van der Waals surface area contributed by atoms with E-state index >= 15 is 0 Å². The van der Waals surface area contributed by atoms with Crippen molar-refractivity contribution in [2.45, 2.75) is 19.8 Å². The summed E-state index contributed by atoms with van der Waals surface area (Å²) in [5.41, 5.74) is 0.187. The van der Waals surface area contributed by atoms with Gasteiger partial charge in [0.1, 0.15) is 0 Å². The standard InChI is InChI=1S/C12H17ClFNO3S/c1-2-18-12-6-5-10(9-11(12)14)15-19(16,17)8-4-3-7-13/h5-6,9,15H,2-4,7-8H2,1H3. The van der Waals surface area contributed by atoms with Crippen LogP contribution in [-0.4, -0.2) is 26.7 Å². The summed E-state index contributed by atoms with van der Waals surface area (Å²) in [6.07, 6.45) is 1.10. The molecule has 4 nitrogen and oxygen atoms in total. The van der Waals surface area contributed by atoms with Crippen LogP contribution in [0.1, 0.15) is 19.8 Å². The lowest BCUT2D eigenvalue weighted by Crippen LogP contribution is -2.17. The van der Waals surface area contributed by atoms with E-state index in [-0.39, 0.29) is 17.2 Å². The lowest BCUT2D eigenvalue weighted by molar-refractivity contribution is 0.321. The first-order chi connectivity index (χ1) is 8.98. The maximum atomic E-state index is 13.5. The molecule has 0 unspecified atom stereocenters. The lowest BCUT2D eigenvalue weighted by atomic mass is 10.3. The zero-order valence-electron chi connectivity index (χ0n) is 10.7. The van der Waals surface area contributed by atoms with E-state index in [1.165, 1.54) is 12.1 Å². The monoisotopic (exact) mass is 309 g/mol. The fourth-order valence-electron chi connectivity index (χ4n) is 1.45. The highest BCUT2D eigenvalue weighted by atomic mass is 35.5. The predicted octanol–water partition coefficient (Wildman–Crippen LogP) is 2.99. The summed E-state index contributed by atoms with van der Waals surface area (Å²) >= 11 is 5.48. The molecule has 0 aromatic heterocycles. The van der Waals surface area contributed by atoms with E-state index in [1.807, 2.05) is 0 Å². The van der Waals surface area contributed by atoms with Gasteiger partial charge in [-0.05, 0) is 31.9 Å². The molecule has 1 rings (SSSR count). The van der Waals surface area contributed by atoms with E-state index < -0.39 is 15.8 Å². The molecule has 0 spiro atoms. The van der Waals surface area contributed by atoms with Crippen molar-refractivity contribution in [2.75, 3.05) is 23.0 Å². The minimum Gasteiger partial charge on any atom is -0.491 e. The highest BCUT2D eigenvalue weighted by Gasteiger charge is 2.12. The summed E-state index contributed by atoms with van der Waals surface area (Å²) in [5, 5.41) is 0. The third-order valence-corrected chi connectivity index (χ3v) is 3.94. The third-order valence-electron chi connectivity index (χ3n) is 2.30. The summed E-state index contributed by atoms with van der Waals surface area (Å²) < 4.78 is 44.3. The normalized spacial score (nSPS) is 11.3. The number of halogens is 2. The summed E-state index contributed by atoms with van der Waals surface area (Å²) in [6.45, 7) is 2.09. The molecule has 0 radical (unpaired) electrons. The van der Waals surface area contributed by atoms with Crippen LogP contribution in [0.3, 0.4) is 0 Å². The van der Waals surface area contributed by atoms with E-state index in [4.69, 9.17) is 16.3 Å². The second kappa shape index (κ2) is 7.55. The summed E-state index contributed by atoms with van der Waals surface area (Å²) in [6, 6.07) is 3.96. The van der Waals surface area contributed by atoms with Crippen LogP contribution in [-0.2, 0) is 10.0 Å².